The number of rotatable bonds is 1. The molecule has 2 rings (SSSR count). The Morgan fingerprint density at radius 2 is 2.23 bits per heavy atom. The predicted molar refractivity (Wildman–Crippen MR) is 62.9 cm³/mol. The maximum atomic E-state index is 5.88. The molecule has 0 fully saturated rings. The molecule has 13 heavy (non-hydrogen) atoms. The van der Waals surface area contributed by atoms with Crippen LogP contribution < -0.4 is 5.73 Å². The van der Waals surface area contributed by atoms with Crippen LogP contribution in [-0.2, 0) is 6.42 Å². The highest BCUT2D eigenvalue weighted by Gasteiger charge is 2.09. The molecule has 0 aliphatic rings. The van der Waals surface area contributed by atoms with Crippen LogP contribution in [0.25, 0.3) is 10.1 Å². The highest BCUT2D eigenvalue weighted by atomic mass is 32.1. The first kappa shape index (κ1) is 8.91. The number of hydrogen-bond acceptors (Lipinski definition) is 3. The molecule has 0 spiro atoms. The largest absolute Gasteiger partial charge is 0.398 e. The lowest BCUT2D eigenvalue weighted by Crippen LogP contribution is -1.84. The van der Waals surface area contributed by atoms with Gasteiger partial charge in [-0.1, -0.05) is 13.0 Å². The first-order valence-electron chi connectivity index (χ1n) is 4.23. The van der Waals surface area contributed by atoms with E-state index in [-0.39, 0.29) is 0 Å². The third kappa shape index (κ3) is 1.32. The number of aryl methyl sites for hydroxylation is 1. The van der Waals surface area contributed by atoms with Gasteiger partial charge < -0.3 is 5.73 Å². The Hall–Kier alpha value is -0.670. The SMILES string of the molecule is CCc1sc2cccc(N)c2c1S. The third-order valence-electron chi connectivity index (χ3n) is 2.11. The standard InChI is InChI=1S/C10H11NS2/c1-2-7-10(12)9-6(11)4-3-5-8(9)13-7/h3-5,12H,2,11H2,1H3. The summed E-state index contributed by atoms with van der Waals surface area (Å²) in [5, 5.41) is 1.12. The molecule has 0 aliphatic heterocycles. The molecule has 0 radical (unpaired) electrons. The van der Waals surface area contributed by atoms with E-state index in [4.69, 9.17) is 5.73 Å². The number of thiol groups is 1. The maximum absolute atomic E-state index is 5.88. The lowest BCUT2D eigenvalue weighted by Gasteiger charge is -1.96. The molecule has 0 atom stereocenters. The number of anilines is 1. The second-order valence-corrected chi connectivity index (χ2v) is 4.53. The first-order chi connectivity index (χ1) is 6.24. The van der Waals surface area contributed by atoms with Crippen molar-refractivity contribution in [2.24, 2.45) is 0 Å². The van der Waals surface area contributed by atoms with Gasteiger partial charge in [-0.2, -0.15) is 0 Å². The number of hydrogen-bond donors (Lipinski definition) is 2. The van der Waals surface area contributed by atoms with Crippen LogP contribution in [0.3, 0.4) is 0 Å². The summed E-state index contributed by atoms with van der Waals surface area (Å²) >= 11 is 6.28. The van der Waals surface area contributed by atoms with Crippen LogP contribution in [0.15, 0.2) is 23.1 Å². The van der Waals surface area contributed by atoms with Crippen molar-refractivity contribution < 1.29 is 0 Å². The molecule has 0 saturated carbocycles. The Bertz CT molecular complexity index is 445. The van der Waals surface area contributed by atoms with Gasteiger partial charge in [-0.15, -0.1) is 24.0 Å². The van der Waals surface area contributed by atoms with Gasteiger partial charge in [0.05, 0.1) is 0 Å². The molecule has 2 N–H and O–H groups in total. The van der Waals surface area contributed by atoms with E-state index in [1.807, 2.05) is 12.1 Å². The van der Waals surface area contributed by atoms with Crippen molar-refractivity contribution in [1.29, 1.82) is 0 Å². The summed E-state index contributed by atoms with van der Waals surface area (Å²) in [4.78, 5) is 2.37. The van der Waals surface area contributed by atoms with E-state index >= 15 is 0 Å². The first-order valence-corrected chi connectivity index (χ1v) is 5.49. The molecule has 2 aromatic rings. The fourth-order valence-corrected chi connectivity index (χ4v) is 3.14. The van der Waals surface area contributed by atoms with Gasteiger partial charge in [0.25, 0.3) is 0 Å². The van der Waals surface area contributed by atoms with Crippen molar-refractivity contribution in [3.05, 3.63) is 23.1 Å². The molecule has 0 unspecified atom stereocenters. The maximum Gasteiger partial charge on any atom is 0.0413 e. The van der Waals surface area contributed by atoms with Crippen LogP contribution >= 0.6 is 24.0 Å². The molecule has 1 heterocycles. The van der Waals surface area contributed by atoms with Crippen LogP contribution in [0, 0.1) is 0 Å². The summed E-state index contributed by atoms with van der Waals surface area (Å²) in [6.45, 7) is 2.14. The second kappa shape index (κ2) is 3.24. The summed E-state index contributed by atoms with van der Waals surface area (Å²) in [5.41, 5.74) is 6.71. The van der Waals surface area contributed by atoms with E-state index in [9.17, 15) is 0 Å². The Kier molecular flexibility index (Phi) is 2.22. The zero-order chi connectivity index (χ0) is 9.42. The minimum atomic E-state index is 0.832. The highest BCUT2D eigenvalue weighted by molar-refractivity contribution is 7.80. The molecule has 1 nitrogen and oxygen atoms in total. The minimum absolute atomic E-state index is 0.832. The van der Waals surface area contributed by atoms with Crippen molar-refractivity contribution in [1.82, 2.24) is 0 Å². The molecule has 3 heteroatoms. The zero-order valence-corrected chi connectivity index (χ0v) is 9.08. The summed E-state index contributed by atoms with van der Waals surface area (Å²) in [5.74, 6) is 0. The van der Waals surface area contributed by atoms with Crippen LogP contribution in [0.5, 0.6) is 0 Å². The number of fused-ring (bicyclic) bond motifs is 1. The Morgan fingerprint density at radius 3 is 2.85 bits per heavy atom. The summed E-state index contributed by atoms with van der Waals surface area (Å²) in [6, 6.07) is 6.00. The van der Waals surface area contributed by atoms with Gasteiger partial charge in [0, 0.05) is 25.5 Å². The van der Waals surface area contributed by atoms with Crippen LogP contribution in [0.2, 0.25) is 0 Å². The fraction of sp³-hybridized carbons (Fsp3) is 0.200. The predicted octanol–water partition coefficient (Wildman–Crippen LogP) is 3.33. The monoisotopic (exact) mass is 209 g/mol. The van der Waals surface area contributed by atoms with Crippen molar-refractivity contribution in [3.63, 3.8) is 0 Å². The molecule has 0 bridgehead atoms. The Balaban J connectivity index is 2.85. The summed E-state index contributed by atoms with van der Waals surface area (Å²) < 4.78 is 1.24. The van der Waals surface area contributed by atoms with E-state index in [1.54, 1.807) is 11.3 Å². The van der Waals surface area contributed by atoms with Gasteiger partial charge in [-0.05, 0) is 18.6 Å². The van der Waals surface area contributed by atoms with Crippen LogP contribution in [0.4, 0.5) is 5.69 Å². The summed E-state index contributed by atoms with van der Waals surface area (Å²) in [6.07, 6.45) is 1.03. The van der Waals surface area contributed by atoms with Crippen LogP contribution in [0.1, 0.15) is 11.8 Å². The van der Waals surface area contributed by atoms with Gasteiger partial charge in [0.1, 0.15) is 0 Å². The van der Waals surface area contributed by atoms with Gasteiger partial charge in [0.15, 0.2) is 0 Å². The zero-order valence-electron chi connectivity index (χ0n) is 7.37. The molecular weight excluding hydrogens is 198 g/mol. The van der Waals surface area contributed by atoms with Gasteiger partial charge >= 0.3 is 0 Å². The molecule has 0 saturated heterocycles. The number of benzene rings is 1. The number of nitrogen functional groups attached to an aromatic ring is 1. The minimum Gasteiger partial charge on any atom is -0.398 e. The quantitative estimate of drug-likeness (QED) is 0.547. The third-order valence-corrected chi connectivity index (χ3v) is 4.06. The average molecular weight is 209 g/mol. The van der Waals surface area contributed by atoms with E-state index in [2.05, 4.69) is 25.6 Å². The Labute approximate surface area is 87.0 Å². The molecule has 1 aromatic heterocycles. The molecule has 1 aromatic carbocycles. The van der Waals surface area contributed by atoms with E-state index in [0.717, 1.165) is 22.4 Å². The lowest BCUT2D eigenvalue weighted by atomic mass is 10.2. The molecular formula is C10H11NS2. The smallest absolute Gasteiger partial charge is 0.0413 e. The lowest BCUT2D eigenvalue weighted by molar-refractivity contribution is 1.15. The van der Waals surface area contributed by atoms with Gasteiger partial charge in [-0.25, -0.2) is 0 Å². The number of thiophene rings is 1. The number of nitrogens with two attached hydrogens (primary N) is 1. The molecule has 68 valence electrons. The topological polar surface area (TPSA) is 26.0 Å². The van der Waals surface area contributed by atoms with Crippen LogP contribution in [-0.4, -0.2) is 0 Å². The van der Waals surface area contributed by atoms with E-state index in [1.165, 1.54) is 9.58 Å². The normalized spacial score (nSPS) is 10.9. The van der Waals surface area contributed by atoms with Crippen molar-refractivity contribution in [2.45, 2.75) is 18.2 Å². The highest BCUT2D eigenvalue weighted by Crippen LogP contribution is 2.37. The fourth-order valence-electron chi connectivity index (χ4n) is 1.45. The van der Waals surface area contributed by atoms with Crippen molar-refractivity contribution in [2.75, 3.05) is 5.73 Å². The van der Waals surface area contributed by atoms with Crippen molar-refractivity contribution >= 4 is 39.7 Å². The van der Waals surface area contributed by atoms with E-state index in [0.29, 0.717) is 0 Å². The Morgan fingerprint density at radius 1 is 1.46 bits per heavy atom. The molecule has 0 amide bonds. The van der Waals surface area contributed by atoms with Crippen molar-refractivity contribution in [3.8, 4) is 0 Å². The summed E-state index contributed by atoms with van der Waals surface area (Å²) in [7, 11) is 0. The molecule has 0 aliphatic carbocycles. The average Bonchev–Trinajstić information content (AvgIpc) is 2.44. The van der Waals surface area contributed by atoms with Gasteiger partial charge in [-0.3, -0.25) is 0 Å². The van der Waals surface area contributed by atoms with Gasteiger partial charge in [0.2, 0.25) is 0 Å². The van der Waals surface area contributed by atoms with E-state index < -0.39 is 0 Å². The second-order valence-electron chi connectivity index (χ2n) is 2.95.